The van der Waals surface area contributed by atoms with Gasteiger partial charge >= 0.3 is 12.4 Å². The summed E-state index contributed by atoms with van der Waals surface area (Å²) in [6, 6.07) is 64.6. The Bertz CT molecular complexity index is 3790. The van der Waals surface area contributed by atoms with Crippen LogP contribution in [0.15, 0.2) is 218 Å². The maximum Gasteiger partial charge on any atom is 0.416 e. The van der Waals surface area contributed by atoms with Gasteiger partial charge in [0.1, 0.15) is 0 Å². The van der Waals surface area contributed by atoms with Crippen molar-refractivity contribution >= 4 is 43.6 Å². The Morgan fingerprint density at radius 1 is 0.314 bits per heavy atom. The molecule has 70 heavy (non-hydrogen) atoms. The number of nitrogens with zero attached hydrogens (tertiary/aromatic N) is 4. The summed E-state index contributed by atoms with van der Waals surface area (Å²) in [6.45, 7) is 0. The van der Waals surface area contributed by atoms with Gasteiger partial charge < -0.3 is 9.13 Å². The minimum Gasteiger partial charge on any atom is -0.309 e. The summed E-state index contributed by atoms with van der Waals surface area (Å²) in [7, 11) is 0. The van der Waals surface area contributed by atoms with E-state index in [4.69, 9.17) is 9.97 Å². The number of benzene rings is 9. The number of hydrogen-bond donors (Lipinski definition) is 0. The van der Waals surface area contributed by atoms with Gasteiger partial charge in [0.15, 0.2) is 5.82 Å². The van der Waals surface area contributed by atoms with Crippen LogP contribution < -0.4 is 0 Å². The van der Waals surface area contributed by atoms with Crippen LogP contribution in [0.1, 0.15) is 11.1 Å². The Labute approximate surface area is 397 Å². The summed E-state index contributed by atoms with van der Waals surface area (Å²) < 4.78 is 92.7. The molecule has 4 nitrogen and oxygen atoms in total. The molecule has 0 atom stereocenters. The maximum absolute atomic E-state index is 14.7. The number of aromatic nitrogens is 4. The first kappa shape index (κ1) is 42.6. The molecular formula is C60H36F6N4. The molecule has 3 heterocycles. The Hall–Kier alpha value is -8.76. The molecule has 0 fully saturated rings. The van der Waals surface area contributed by atoms with Crippen LogP contribution in [0.2, 0.25) is 0 Å². The van der Waals surface area contributed by atoms with E-state index in [-0.39, 0.29) is 11.1 Å². The zero-order valence-electron chi connectivity index (χ0n) is 36.8. The van der Waals surface area contributed by atoms with Gasteiger partial charge in [0.05, 0.1) is 50.3 Å². The lowest BCUT2D eigenvalue weighted by Crippen LogP contribution is -2.07. The number of para-hydroxylation sites is 3. The lowest BCUT2D eigenvalue weighted by atomic mass is 9.90. The van der Waals surface area contributed by atoms with E-state index in [0.29, 0.717) is 50.6 Å². The van der Waals surface area contributed by atoms with E-state index in [0.717, 1.165) is 73.7 Å². The zero-order valence-corrected chi connectivity index (χ0v) is 36.8. The topological polar surface area (TPSA) is 35.6 Å². The van der Waals surface area contributed by atoms with Crippen molar-refractivity contribution in [3.8, 4) is 67.5 Å². The molecule has 338 valence electrons. The second-order valence-corrected chi connectivity index (χ2v) is 17.2. The Morgan fingerprint density at radius 3 is 1.27 bits per heavy atom. The highest BCUT2D eigenvalue weighted by molar-refractivity contribution is 6.13. The third-order valence-corrected chi connectivity index (χ3v) is 13.0. The van der Waals surface area contributed by atoms with Gasteiger partial charge in [-0.3, -0.25) is 0 Å². The number of hydrogen-bond acceptors (Lipinski definition) is 2. The van der Waals surface area contributed by atoms with Crippen LogP contribution in [-0.2, 0) is 12.4 Å². The first-order valence-electron chi connectivity index (χ1n) is 22.5. The van der Waals surface area contributed by atoms with E-state index in [9.17, 15) is 26.3 Å². The van der Waals surface area contributed by atoms with Crippen molar-refractivity contribution in [3.63, 3.8) is 0 Å². The van der Waals surface area contributed by atoms with E-state index >= 15 is 0 Å². The zero-order chi connectivity index (χ0) is 47.7. The van der Waals surface area contributed by atoms with Crippen LogP contribution in [0.3, 0.4) is 0 Å². The normalized spacial score (nSPS) is 12.1. The minimum absolute atomic E-state index is 0.202. The number of alkyl halides is 6. The summed E-state index contributed by atoms with van der Waals surface area (Å²) in [4.78, 5) is 10.0. The molecule has 3 aromatic heterocycles. The molecule has 0 amide bonds. The van der Waals surface area contributed by atoms with Crippen molar-refractivity contribution in [2.75, 3.05) is 0 Å². The smallest absolute Gasteiger partial charge is 0.309 e. The third kappa shape index (κ3) is 7.36. The van der Waals surface area contributed by atoms with Crippen molar-refractivity contribution in [2.45, 2.75) is 12.4 Å². The van der Waals surface area contributed by atoms with Crippen molar-refractivity contribution in [3.05, 3.63) is 230 Å². The standard InChI is InChI=1S/C60H36F6N4/c61-59(62,63)42-21-13-19-39(31-42)48-33-41(52-36-51(37-15-3-1-4-16-37)67-58(68-52)38-17-5-2-6-18-38)34-49(40-20-14-22-43(32-40)60(64,65)66)57(48)70-55-28-12-9-25-47(55)50-35-44(29-30-56(50)70)69-53-26-10-7-23-45(53)46-24-8-11-27-54(46)69/h1-36H. The number of rotatable bonds is 7. The summed E-state index contributed by atoms with van der Waals surface area (Å²) in [5.74, 6) is 0.392. The molecule has 9 aromatic carbocycles. The van der Waals surface area contributed by atoms with Crippen LogP contribution in [0.25, 0.3) is 111 Å². The molecular weight excluding hydrogens is 891 g/mol. The quantitative estimate of drug-likeness (QED) is 0.149. The summed E-state index contributed by atoms with van der Waals surface area (Å²) in [6.07, 6.45) is -9.40. The highest BCUT2D eigenvalue weighted by atomic mass is 19.4. The molecule has 10 heteroatoms. The largest absolute Gasteiger partial charge is 0.416 e. The molecule has 0 N–H and O–H groups in total. The van der Waals surface area contributed by atoms with Crippen LogP contribution in [-0.4, -0.2) is 19.1 Å². The van der Waals surface area contributed by atoms with Crippen LogP contribution in [0.5, 0.6) is 0 Å². The fourth-order valence-corrected chi connectivity index (χ4v) is 9.80. The van der Waals surface area contributed by atoms with Gasteiger partial charge in [0.2, 0.25) is 0 Å². The van der Waals surface area contributed by atoms with E-state index in [1.165, 1.54) is 12.1 Å². The highest BCUT2D eigenvalue weighted by Crippen LogP contribution is 2.46. The molecule has 0 radical (unpaired) electrons. The predicted octanol–water partition coefficient (Wildman–Crippen LogP) is 17.0. The van der Waals surface area contributed by atoms with Gasteiger partial charge in [0.25, 0.3) is 0 Å². The van der Waals surface area contributed by atoms with E-state index < -0.39 is 23.5 Å². The van der Waals surface area contributed by atoms with E-state index in [1.807, 2.05) is 126 Å². The summed E-state index contributed by atoms with van der Waals surface area (Å²) in [5, 5.41) is 3.85. The van der Waals surface area contributed by atoms with Crippen LogP contribution in [0.4, 0.5) is 26.3 Å². The second-order valence-electron chi connectivity index (χ2n) is 17.2. The first-order chi connectivity index (χ1) is 34.0. The molecule has 0 bridgehead atoms. The molecule has 0 aliphatic rings. The highest BCUT2D eigenvalue weighted by Gasteiger charge is 2.33. The second kappa shape index (κ2) is 16.5. The van der Waals surface area contributed by atoms with Crippen molar-refractivity contribution in [1.82, 2.24) is 19.1 Å². The maximum atomic E-state index is 14.7. The molecule has 0 saturated heterocycles. The fraction of sp³-hybridized carbons (Fsp3) is 0.0333. The molecule has 0 aliphatic carbocycles. The average molecular weight is 927 g/mol. The average Bonchev–Trinajstić information content (AvgIpc) is 3.90. The SMILES string of the molecule is FC(F)(F)c1cccc(-c2cc(-c3cc(-c4ccccc4)nc(-c4ccccc4)n3)cc(-c3cccc(C(F)(F)F)c3)c2-n2c3ccccc3c3cc(-n4c5ccccc5c5ccccc54)ccc32)c1. The van der Waals surface area contributed by atoms with Gasteiger partial charge in [-0.15, -0.1) is 0 Å². The van der Waals surface area contributed by atoms with Crippen molar-refractivity contribution < 1.29 is 26.3 Å². The van der Waals surface area contributed by atoms with Gasteiger partial charge in [-0.1, -0.05) is 140 Å². The molecule has 0 unspecified atom stereocenters. The molecule has 0 spiro atoms. The molecule has 12 rings (SSSR count). The van der Waals surface area contributed by atoms with Gasteiger partial charge in [0, 0.05) is 55.0 Å². The van der Waals surface area contributed by atoms with Crippen molar-refractivity contribution in [1.29, 1.82) is 0 Å². The molecule has 0 aliphatic heterocycles. The monoisotopic (exact) mass is 926 g/mol. The lowest BCUT2D eigenvalue weighted by Gasteiger charge is -2.22. The van der Waals surface area contributed by atoms with Crippen LogP contribution in [0, 0.1) is 0 Å². The van der Waals surface area contributed by atoms with Gasteiger partial charge in [-0.05, 0) is 90.0 Å². The van der Waals surface area contributed by atoms with E-state index in [2.05, 4.69) is 34.9 Å². The number of fused-ring (bicyclic) bond motifs is 6. The number of halogens is 6. The summed E-state index contributed by atoms with van der Waals surface area (Å²) >= 11 is 0. The molecule has 12 aromatic rings. The minimum atomic E-state index is -4.70. The Balaban J connectivity index is 1.20. The third-order valence-electron chi connectivity index (χ3n) is 13.0. The first-order valence-corrected chi connectivity index (χ1v) is 22.5. The Morgan fingerprint density at radius 2 is 0.743 bits per heavy atom. The fourth-order valence-electron chi connectivity index (χ4n) is 9.80. The predicted molar refractivity (Wildman–Crippen MR) is 268 cm³/mol. The van der Waals surface area contributed by atoms with Gasteiger partial charge in [-0.25, -0.2) is 9.97 Å². The van der Waals surface area contributed by atoms with Crippen LogP contribution >= 0.6 is 0 Å². The molecule has 0 saturated carbocycles. The van der Waals surface area contributed by atoms with Crippen molar-refractivity contribution in [2.24, 2.45) is 0 Å². The Kier molecular flexibility index (Phi) is 10.0. The summed E-state index contributed by atoms with van der Waals surface area (Å²) in [5.41, 5.74) is 6.98. The van der Waals surface area contributed by atoms with Gasteiger partial charge in [-0.2, -0.15) is 26.3 Å². The lowest BCUT2D eigenvalue weighted by molar-refractivity contribution is -0.138. The van der Waals surface area contributed by atoms with E-state index in [1.54, 1.807) is 30.3 Å².